The third-order valence-electron chi connectivity index (χ3n) is 2.72. The summed E-state index contributed by atoms with van der Waals surface area (Å²) < 4.78 is 5.03. The fourth-order valence-corrected chi connectivity index (χ4v) is 1.60. The first kappa shape index (κ1) is 15.7. The van der Waals surface area contributed by atoms with Crippen LogP contribution in [-0.2, 0) is 9.53 Å². The van der Waals surface area contributed by atoms with Gasteiger partial charge in [0.1, 0.15) is 0 Å². The molecule has 2 N–H and O–H groups in total. The number of hydrogen-bond acceptors (Lipinski definition) is 4. The molecule has 0 saturated heterocycles. The molecule has 0 aliphatic carbocycles. The van der Waals surface area contributed by atoms with E-state index < -0.39 is 24.0 Å². The van der Waals surface area contributed by atoms with E-state index in [1.807, 2.05) is 18.3 Å². The summed E-state index contributed by atoms with van der Waals surface area (Å²) in [6.45, 7) is 5.11. The van der Waals surface area contributed by atoms with Gasteiger partial charge in [0, 0.05) is 7.05 Å². The van der Waals surface area contributed by atoms with Gasteiger partial charge in [-0.15, -0.1) is 0 Å². The van der Waals surface area contributed by atoms with Crippen molar-refractivity contribution in [3.8, 4) is 0 Å². The molecule has 3 amide bonds. The molecule has 0 fully saturated rings. The van der Waals surface area contributed by atoms with Gasteiger partial charge < -0.3 is 10.1 Å². The van der Waals surface area contributed by atoms with Crippen LogP contribution in [0.3, 0.4) is 0 Å². The molecular formula is C14H18N2O4. The summed E-state index contributed by atoms with van der Waals surface area (Å²) in [5, 5.41) is 4.28. The molecule has 0 aliphatic rings. The lowest BCUT2D eigenvalue weighted by Crippen LogP contribution is -2.43. The largest absolute Gasteiger partial charge is 0.449 e. The van der Waals surface area contributed by atoms with E-state index in [4.69, 9.17) is 4.74 Å². The molecule has 1 aromatic carbocycles. The predicted octanol–water partition coefficient (Wildman–Crippen LogP) is 1.30. The monoisotopic (exact) mass is 278 g/mol. The van der Waals surface area contributed by atoms with Crippen molar-refractivity contribution in [1.29, 1.82) is 0 Å². The fraction of sp³-hybridized carbons (Fsp3) is 0.357. The lowest BCUT2D eigenvalue weighted by molar-refractivity contribution is -0.127. The highest BCUT2D eigenvalue weighted by atomic mass is 16.5. The summed E-state index contributed by atoms with van der Waals surface area (Å²) in [7, 11) is 1.38. The molecule has 108 valence electrons. The Labute approximate surface area is 117 Å². The summed E-state index contributed by atoms with van der Waals surface area (Å²) in [6.07, 6.45) is -1.06. The number of imide groups is 1. The summed E-state index contributed by atoms with van der Waals surface area (Å²) in [4.78, 5) is 34.5. The molecule has 0 spiro atoms. The van der Waals surface area contributed by atoms with Crippen molar-refractivity contribution in [1.82, 2.24) is 10.6 Å². The van der Waals surface area contributed by atoms with Gasteiger partial charge in [-0.05, 0) is 32.4 Å². The highest BCUT2D eigenvalue weighted by Gasteiger charge is 2.21. The Kier molecular flexibility index (Phi) is 5.25. The van der Waals surface area contributed by atoms with Crippen molar-refractivity contribution in [2.75, 3.05) is 7.05 Å². The Morgan fingerprint density at radius 3 is 2.40 bits per heavy atom. The van der Waals surface area contributed by atoms with Gasteiger partial charge in [-0.1, -0.05) is 17.7 Å². The van der Waals surface area contributed by atoms with Crippen LogP contribution in [0.1, 0.15) is 28.4 Å². The van der Waals surface area contributed by atoms with E-state index in [9.17, 15) is 14.4 Å². The van der Waals surface area contributed by atoms with Crippen LogP contribution >= 0.6 is 0 Å². The average molecular weight is 278 g/mol. The van der Waals surface area contributed by atoms with Gasteiger partial charge in [0.05, 0.1) is 5.56 Å². The fourth-order valence-electron chi connectivity index (χ4n) is 1.60. The number of ether oxygens (including phenoxy) is 1. The lowest BCUT2D eigenvalue weighted by atomic mass is 10.1. The number of carbonyl (C=O) groups excluding carboxylic acids is 3. The maximum atomic E-state index is 11.9. The Morgan fingerprint density at radius 2 is 1.85 bits per heavy atom. The van der Waals surface area contributed by atoms with Crippen molar-refractivity contribution in [2.45, 2.75) is 26.9 Å². The molecule has 0 aromatic heterocycles. The third kappa shape index (κ3) is 4.08. The van der Waals surface area contributed by atoms with Crippen LogP contribution in [0, 0.1) is 13.8 Å². The number of carbonyl (C=O) groups is 3. The van der Waals surface area contributed by atoms with Crippen LogP contribution in [-0.4, -0.2) is 31.1 Å². The van der Waals surface area contributed by atoms with E-state index >= 15 is 0 Å². The molecule has 1 atom stereocenters. The molecule has 0 bridgehead atoms. The molecule has 0 saturated carbocycles. The topological polar surface area (TPSA) is 84.5 Å². The Hall–Kier alpha value is -2.37. The number of hydrogen-bond donors (Lipinski definition) is 2. The zero-order chi connectivity index (χ0) is 15.3. The van der Waals surface area contributed by atoms with Crippen molar-refractivity contribution < 1.29 is 19.1 Å². The SMILES string of the molecule is CNC(=O)NC(=O)[C@H](C)OC(=O)c1ccc(C)cc1C. The smallest absolute Gasteiger partial charge is 0.339 e. The Balaban J connectivity index is 2.70. The quantitative estimate of drug-likeness (QED) is 0.816. The van der Waals surface area contributed by atoms with Gasteiger partial charge in [-0.25, -0.2) is 9.59 Å². The summed E-state index contributed by atoms with van der Waals surface area (Å²) in [6, 6.07) is 4.64. The molecule has 20 heavy (non-hydrogen) atoms. The van der Waals surface area contributed by atoms with Gasteiger partial charge in [0.2, 0.25) is 0 Å². The highest BCUT2D eigenvalue weighted by Crippen LogP contribution is 2.12. The lowest BCUT2D eigenvalue weighted by Gasteiger charge is -2.13. The zero-order valence-corrected chi connectivity index (χ0v) is 11.9. The average Bonchev–Trinajstić information content (AvgIpc) is 2.37. The summed E-state index contributed by atoms with van der Waals surface area (Å²) >= 11 is 0. The van der Waals surface area contributed by atoms with Crippen LogP contribution in [0.25, 0.3) is 0 Å². The third-order valence-corrected chi connectivity index (χ3v) is 2.72. The molecule has 1 rings (SSSR count). The van der Waals surface area contributed by atoms with Crippen LogP contribution < -0.4 is 10.6 Å². The number of benzene rings is 1. The van der Waals surface area contributed by atoms with Crippen molar-refractivity contribution in [3.63, 3.8) is 0 Å². The number of urea groups is 1. The van der Waals surface area contributed by atoms with E-state index in [-0.39, 0.29) is 0 Å². The minimum Gasteiger partial charge on any atom is -0.449 e. The first-order valence-electron chi connectivity index (χ1n) is 6.16. The molecule has 0 unspecified atom stereocenters. The minimum absolute atomic E-state index is 0.398. The maximum Gasteiger partial charge on any atom is 0.339 e. The zero-order valence-electron chi connectivity index (χ0n) is 11.9. The molecule has 1 aromatic rings. The predicted molar refractivity (Wildman–Crippen MR) is 73.4 cm³/mol. The van der Waals surface area contributed by atoms with Gasteiger partial charge in [-0.3, -0.25) is 10.1 Å². The Bertz CT molecular complexity index is 540. The van der Waals surface area contributed by atoms with E-state index in [1.54, 1.807) is 19.1 Å². The second-order valence-electron chi connectivity index (χ2n) is 4.43. The van der Waals surface area contributed by atoms with E-state index in [0.717, 1.165) is 11.1 Å². The maximum absolute atomic E-state index is 11.9. The number of rotatable bonds is 3. The van der Waals surface area contributed by atoms with Crippen LogP contribution in [0.5, 0.6) is 0 Å². The number of nitrogens with one attached hydrogen (secondary N) is 2. The summed E-state index contributed by atoms with van der Waals surface area (Å²) in [5.41, 5.74) is 2.20. The number of esters is 1. The van der Waals surface area contributed by atoms with Crippen LogP contribution in [0.15, 0.2) is 18.2 Å². The van der Waals surface area contributed by atoms with E-state index in [2.05, 4.69) is 5.32 Å². The van der Waals surface area contributed by atoms with Crippen molar-refractivity contribution in [3.05, 3.63) is 34.9 Å². The molecular weight excluding hydrogens is 260 g/mol. The van der Waals surface area contributed by atoms with E-state index in [1.165, 1.54) is 14.0 Å². The number of aryl methyl sites for hydroxylation is 2. The van der Waals surface area contributed by atoms with Crippen molar-refractivity contribution in [2.24, 2.45) is 0 Å². The molecule has 0 radical (unpaired) electrons. The second-order valence-corrected chi connectivity index (χ2v) is 4.43. The Morgan fingerprint density at radius 1 is 1.20 bits per heavy atom. The summed E-state index contributed by atoms with van der Waals surface area (Å²) in [5.74, 6) is -1.27. The first-order chi connectivity index (χ1) is 9.35. The molecule has 0 heterocycles. The van der Waals surface area contributed by atoms with Gasteiger partial charge in [0.15, 0.2) is 6.10 Å². The number of amides is 3. The molecule has 0 aliphatic heterocycles. The highest BCUT2D eigenvalue weighted by molar-refractivity contribution is 5.98. The van der Waals surface area contributed by atoms with Crippen LogP contribution in [0.4, 0.5) is 4.79 Å². The van der Waals surface area contributed by atoms with Crippen molar-refractivity contribution >= 4 is 17.9 Å². The molecule has 6 heteroatoms. The standard InChI is InChI=1S/C14H18N2O4/c1-8-5-6-11(9(2)7-8)13(18)20-10(3)12(17)16-14(19)15-4/h5-7,10H,1-4H3,(H2,15,16,17,19)/t10-/m0/s1. The van der Waals surface area contributed by atoms with Gasteiger partial charge in [-0.2, -0.15) is 0 Å². The normalized spacial score (nSPS) is 11.4. The molecule has 6 nitrogen and oxygen atoms in total. The second kappa shape index (κ2) is 6.70. The van der Waals surface area contributed by atoms with Gasteiger partial charge in [0.25, 0.3) is 5.91 Å². The first-order valence-corrected chi connectivity index (χ1v) is 6.16. The minimum atomic E-state index is -1.06. The van der Waals surface area contributed by atoms with Crippen LogP contribution in [0.2, 0.25) is 0 Å². The van der Waals surface area contributed by atoms with E-state index in [0.29, 0.717) is 5.56 Å². The van der Waals surface area contributed by atoms with Gasteiger partial charge >= 0.3 is 12.0 Å².